The van der Waals surface area contributed by atoms with Crippen LogP contribution in [0.1, 0.15) is 29.3 Å². The van der Waals surface area contributed by atoms with E-state index in [1.54, 1.807) is 11.3 Å². The number of furan rings is 1. The van der Waals surface area contributed by atoms with Gasteiger partial charge >= 0.3 is 0 Å². The van der Waals surface area contributed by atoms with E-state index in [1.165, 1.54) is 23.4 Å². The summed E-state index contributed by atoms with van der Waals surface area (Å²) in [7, 11) is 1.98. The smallest absolute Gasteiger partial charge is 0.164 e. The van der Waals surface area contributed by atoms with Crippen molar-refractivity contribution in [3.63, 3.8) is 0 Å². The van der Waals surface area contributed by atoms with Crippen molar-refractivity contribution in [1.82, 2.24) is 10.3 Å². The highest BCUT2D eigenvalue weighted by molar-refractivity contribution is 7.15. The van der Waals surface area contributed by atoms with Crippen molar-refractivity contribution in [1.29, 1.82) is 0 Å². The van der Waals surface area contributed by atoms with Gasteiger partial charge in [0.05, 0.1) is 5.69 Å². The molecule has 1 aromatic carbocycles. The predicted molar refractivity (Wildman–Crippen MR) is 82.1 cm³/mol. The van der Waals surface area contributed by atoms with Gasteiger partial charge in [-0.25, -0.2) is 4.98 Å². The fraction of sp³-hybridized carbons (Fsp3) is 0.312. The molecule has 1 aliphatic carbocycles. The Morgan fingerprint density at radius 2 is 2.20 bits per heavy atom. The van der Waals surface area contributed by atoms with E-state index >= 15 is 0 Å². The molecule has 1 aliphatic rings. The van der Waals surface area contributed by atoms with Crippen molar-refractivity contribution < 1.29 is 4.42 Å². The van der Waals surface area contributed by atoms with Crippen LogP contribution in [0.2, 0.25) is 0 Å². The van der Waals surface area contributed by atoms with E-state index in [4.69, 9.17) is 9.40 Å². The van der Waals surface area contributed by atoms with E-state index in [-0.39, 0.29) is 0 Å². The lowest BCUT2D eigenvalue weighted by atomic mass is 10.2. The molecule has 1 fully saturated rings. The highest BCUT2D eigenvalue weighted by Gasteiger charge is 2.30. The molecule has 4 rings (SSSR count). The first kappa shape index (κ1) is 12.1. The van der Waals surface area contributed by atoms with Gasteiger partial charge in [0, 0.05) is 22.7 Å². The average molecular weight is 284 g/mol. The lowest BCUT2D eigenvalue weighted by Crippen LogP contribution is -2.05. The Labute approximate surface area is 121 Å². The summed E-state index contributed by atoms with van der Waals surface area (Å²) in [5, 5.41) is 5.39. The fourth-order valence-corrected chi connectivity index (χ4v) is 3.63. The molecule has 0 radical (unpaired) electrons. The minimum Gasteiger partial charge on any atom is -0.454 e. The van der Waals surface area contributed by atoms with Gasteiger partial charge in [-0.1, -0.05) is 18.2 Å². The number of hydrogen-bond donors (Lipinski definition) is 1. The first-order chi connectivity index (χ1) is 9.85. The largest absolute Gasteiger partial charge is 0.454 e. The average Bonchev–Trinajstić information content (AvgIpc) is 3.07. The van der Waals surface area contributed by atoms with Crippen LogP contribution in [0.5, 0.6) is 0 Å². The van der Waals surface area contributed by atoms with Crippen LogP contribution in [-0.2, 0) is 6.54 Å². The summed E-state index contributed by atoms with van der Waals surface area (Å²) in [6, 6.07) is 10.2. The molecule has 0 amide bonds. The zero-order valence-electron chi connectivity index (χ0n) is 11.3. The van der Waals surface area contributed by atoms with Crippen LogP contribution in [0.15, 0.2) is 34.7 Å². The van der Waals surface area contributed by atoms with Gasteiger partial charge in [0.25, 0.3) is 0 Å². The Bertz CT molecular complexity index is 722. The Morgan fingerprint density at radius 1 is 1.35 bits per heavy atom. The molecular weight excluding hydrogens is 268 g/mol. The Kier molecular flexibility index (Phi) is 2.86. The van der Waals surface area contributed by atoms with Gasteiger partial charge in [0.1, 0.15) is 5.58 Å². The second kappa shape index (κ2) is 4.72. The molecule has 1 N–H and O–H groups in total. The summed E-state index contributed by atoms with van der Waals surface area (Å²) in [6.45, 7) is 0.893. The van der Waals surface area contributed by atoms with Gasteiger partial charge < -0.3 is 9.73 Å². The molecule has 2 heterocycles. The standard InChI is InChI=1S/C16H16N2OS/c1-17-9-14-15(10-6-7-10)18-16(20-14)13-8-11-4-2-3-5-12(11)19-13/h2-5,8,10,17H,6-7,9H2,1H3. The molecular formula is C16H16N2OS. The van der Waals surface area contributed by atoms with Crippen molar-refractivity contribution in [2.24, 2.45) is 0 Å². The second-order valence-corrected chi connectivity index (χ2v) is 6.36. The number of hydrogen-bond acceptors (Lipinski definition) is 4. The SMILES string of the molecule is CNCc1sc(-c2cc3ccccc3o2)nc1C1CC1. The normalized spacial score (nSPS) is 15.1. The Morgan fingerprint density at radius 3 is 2.95 bits per heavy atom. The highest BCUT2D eigenvalue weighted by Crippen LogP contribution is 2.44. The zero-order valence-corrected chi connectivity index (χ0v) is 12.2. The molecule has 0 aliphatic heterocycles. The fourth-order valence-electron chi connectivity index (χ4n) is 2.52. The molecule has 0 saturated heterocycles. The third-order valence-corrected chi connectivity index (χ3v) is 4.75. The molecule has 3 aromatic rings. The van der Waals surface area contributed by atoms with Gasteiger partial charge in [-0.05, 0) is 32.0 Å². The molecule has 1 saturated carbocycles. The van der Waals surface area contributed by atoms with E-state index in [0.29, 0.717) is 5.92 Å². The number of nitrogens with one attached hydrogen (secondary N) is 1. The summed E-state index contributed by atoms with van der Waals surface area (Å²) < 4.78 is 5.93. The van der Waals surface area contributed by atoms with Gasteiger partial charge in [-0.2, -0.15) is 0 Å². The molecule has 0 spiro atoms. The molecule has 3 nitrogen and oxygen atoms in total. The van der Waals surface area contributed by atoms with E-state index in [2.05, 4.69) is 17.4 Å². The monoisotopic (exact) mass is 284 g/mol. The molecule has 0 unspecified atom stereocenters. The number of fused-ring (bicyclic) bond motifs is 1. The van der Waals surface area contributed by atoms with Gasteiger partial charge in [-0.3, -0.25) is 0 Å². The predicted octanol–water partition coefficient (Wildman–Crippen LogP) is 4.15. The van der Waals surface area contributed by atoms with E-state index < -0.39 is 0 Å². The molecule has 20 heavy (non-hydrogen) atoms. The summed E-state index contributed by atoms with van der Waals surface area (Å²) in [5.41, 5.74) is 2.21. The van der Waals surface area contributed by atoms with Crippen molar-refractivity contribution >= 4 is 22.3 Å². The number of benzene rings is 1. The number of nitrogens with zero attached hydrogens (tertiary/aromatic N) is 1. The van der Waals surface area contributed by atoms with Crippen LogP contribution < -0.4 is 5.32 Å². The summed E-state index contributed by atoms with van der Waals surface area (Å²) in [4.78, 5) is 6.19. The van der Waals surface area contributed by atoms with E-state index in [1.807, 2.05) is 25.2 Å². The van der Waals surface area contributed by atoms with Gasteiger partial charge in [0.2, 0.25) is 0 Å². The Balaban J connectivity index is 1.78. The first-order valence-corrected chi connectivity index (χ1v) is 7.80. The number of thiazole rings is 1. The maximum atomic E-state index is 5.93. The van der Waals surface area contributed by atoms with Crippen LogP contribution >= 0.6 is 11.3 Å². The van der Waals surface area contributed by atoms with Crippen molar-refractivity contribution in [2.75, 3.05) is 7.05 Å². The highest BCUT2D eigenvalue weighted by atomic mass is 32.1. The summed E-state index contributed by atoms with van der Waals surface area (Å²) in [5.74, 6) is 1.56. The number of para-hydroxylation sites is 1. The summed E-state index contributed by atoms with van der Waals surface area (Å²) in [6.07, 6.45) is 2.56. The van der Waals surface area contributed by atoms with Crippen LogP contribution in [-0.4, -0.2) is 12.0 Å². The number of rotatable bonds is 4. The Hall–Kier alpha value is -1.65. The van der Waals surface area contributed by atoms with Gasteiger partial charge in [0.15, 0.2) is 10.8 Å². The lowest BCUT2D eigenvalue weighted by Gasteiger charge is -1.97. The van der Waals surface area contributed by atoms with E-state index in [9.17, 15) is 0 Å². The van der Waals surface area contributed by atoms with Crippen molar-refractivity contribution in [3.05, 3.63) is 40.9 Å². The summed E-state index contributed by atoms with van der Waals surface area (Å²) >= 11 is 1.75. The maximum Gasteiger partial charge on any atom is 0.164 e. The molecule has 4 heteroatoms. The van der Waals surface area contributed by atoms with Crippen LogP contribution in [0, 0.1) is 0 Å². The number of aromatic nitrogens is 1. The maximum absolute atomic E-state index is 5.93. The molecule has 102 valence electrons. The topological polar surface area (TPSA) is 38.1 Å². The molecule has 2 aromatic heterocycles. The first-order valence-electron chi connectivity index (χ1n) is 6.98. The third kappa shape index (κ3) is 2.05. The molecule has 0 bridgehead atoms. The van der Waals surface area contributed by atoms with Crippen LogP contribution in [0.3, 0.4) is 0 Å². The minimum atomic E-state index is 0.674. The lowest BCUT2D eigenvalue weighted by molar-refractivity contribution is 0.630. The van der Waals surface area contributed by atoms with Crippen LogP contribution in [0.4, 0.5) is 0 Å². The minimum absolute atomic E-state index is 0.674. The third-order valence-electron chi connectivity index (χ3n) is 3.67. The van der Waals surface area contributed by atoms with Crippen LogP contribution in [0.25, 0.3) is 21.7 Å². The quantitative estimate of drug-likeness (QED) is 0.782. The van der Waals surface area contributed by atoms with E-state index in [0.717, 1.165) is 28.3 Å². The van der Waals surface area contributed by atoms with Crippen molar-refractivity contribution in [3.8, 4) is 10.8 Å². The zero-order chi connectivity index (χ0) is 13.5. The van der Waals surface area contributed by atoms with Crippen molar-refractivity contribution in [2.45, 2.75) is 25.3 Å². The molecule has 0 atom stereocenters. The van der Waals surface area contributed by atoms with Gasteiger partial charge in [-0.15, -0.1) is 11.3 Å². The second-order valence-electron chi connectivity index (χ2n) is 5.28.